The van der Waals surface area contributed by atoms with Crippen LogP contribution in [0.1, 0.15) is 50.5 Å². The number of rotatable bonds is 6. The smallest absolute Gasteiger partial charge is 0.222 e. The molecule has 0 radical (unpaired) electrons. The van der Waals surface area contributed by atoms with E-state index in [0.29, 0.717) is 17.7 Å². The Morgan fingerprint density at radius 3 is 2.61 bits per heavy atom. The first-order valence-corrected chi connectivity index (χ1v) is 9.18. The van der Waals surface area contributed by atoms with Crippen LogP contribution < -0.4 is 4.74 Å². The number of nitrogens with zero attached hydrogens (tertiary/aromatic N) is 1. The molecule has 0 bridgehead atoms. The van der Waals surface area contributed by atoms with Crippen molar-refractivity contribution < 1.29 is 9.53 Å². The van der Waals surface area contributed by atoms with E-state index in [9.17, 15) is 4.79 Å². The van der Waals surface area contributed by atoms with Crippen molar-refractivity contribution in [2.45, 2.75) is 51.9 Å². The number of carbonyl (C=O) groups is 1. The van der Waals surface area contributed by atoms with Crippen LogP contribution in [0.3, 0.4) is 0 Å². The molecule has 1 saturated carbocycles. The minimum absolute atomic E-state index is 0.388. The first kappa shape index (κ1) is 16.4. The standard InChI is InChI=1S/C20H29NO2/c1-16-6-8-19(9-7-16)23-13-11-18-10-12-21(15-18)20(22)14-17-4-2-3-5-17/h6-9,17-18H,2-5,10-15H2,1H3. The van der Waals surface area contributed by atoms with Crippen LogP contribution in [0.15, 0.2) is 24.3 Å². The lowest BCUT2D eigenvalue weighted by atomic mass is 10.0. The lowest BCUT2D eigenvalue weighted by molar-refractivity contribution is -0.131. The maximum Gasteiger partial charge on any atom is 0.222 e. The fourth-order valence-corrected chi connectivity index (χ4v) is 3.86. The molecule has 23 heavy (non-hydrogen) atoms. The normalized spacial score (nSPS) is 21.8. The molecular weight excluding hydrogens is 286 g/mol. The molecule has 0 N–H and O–H groups in total. The maximum absolute atomic E-state index is 12.4. The Kier molecular flexibility index (Phi) is 5.58. The molecule has 1 unspecified atom stereocenters. The van der Waals surface area contributed by atoms with Gasteiger partial charge in [0.2, 0.25) is 5.91 Å². The molecule has 2 fully saturated rings. The van der Waals surface area contributed by atoms with Gasteiger partial charge in [-0.05, 0) is 56.6 Å². The number of amides is 1. The molecule has 3 rings (SSSR count). The van der Waals surface area contributed by atoms with Crippen LogP contribution in [-0.4, -0.2) is 30.5 Å². The van der Waals surface area contributed by atoms with Gasteiger partial charge in [-0.25, -0.2) is 0 Å². The molecule has 1 aliphatic heterocycles. The van der Waals surface area contributed by atoms with Crippen molar-refractivity contribution in [1.29, 1.82) is 0 Å². The van der Waals surface area contributed by atoms with Crippen molar-refractivity contribution in [3.05, 3.63) is 29.8 Å². The number of likely N-dealkylation sites (tertiary alicyclic amines) is 1. The van der Waals surface area contributed by atoms with Gasteiger partial charge in [0.15, 0.2) is 0 Å². The topological polar surface area (TPSA) is 29.5 Å². The van der Waals surface area contributed by atoms with Crippen LogP contribution in [0, 0.1) is 18.8 Å². The average Bonchev–Trinajstić information content (AvgIpc) is 3.21. The van der Waals surface area contributed by atoms with Crippen molar-refractivity contribution in [3.8, 4) is 5.75 Å². The number of hydrogen-bond donors (Lipinski definition) is 0. The average molecular weight is 315 g/mol. The first-order valence-electron chi connectivity index (χ1n) is 9.18. The first-order chi connectivity index (χ1) is 11.2. The molecule has 3 nitrogen and oxygen atoms in total. The van der Waals surface area contributed by atoms with E-state index < -0.39 is 0 Å². The van der Waals surface area contributed by atoms with Gasteiger partial charge >= 0.3 is 0 Å². The molecular formula is C20H29NO2. The fraction of sp³-hybridized carbons (Fsp3) is 0.650. The summed E-state index contributed by atoms with van der Waals surface area (Å²) in [4.78, 5) is 14.5. The van der Waals surface area contributed by atoms with Crippen molar-refractivity contribution in [2.24, 2.45) is 11.8 Å². The van der Waals surface area contributed by atoms with Gasteiger partial charge in [0, 0.05) is 19.5 Å². The van der Waals surface area contributed by atoms with Crippen LogP contribution in [-0.2, 0) is 4.79 Å². The second-order valence-corrected chi connectivity index (χ2v) is 7.30. The molecule has 1 aromatic carbocycles. The van der Waals surface area contributed by atoms with Gasteiger partial charge < -0.3 is 9.64 Å². The van der Waals surface area contributed by atoms with Gasteiger partial charge in [-0.1, -0.05) is 30.5 Å². The third-order valence-corrected chi connectivity index (χ3v) is 5.39. The van der Waals surface area contributed by atoms with Crippen LogP contribution >= 0.6 is 0 Å². The second-order valence-electron chi connectivity index (χ2n) is 7.30. The summed E-state index contributed by atoms with van der Waals surface area (Å²) in [6.07, 6.45) is 8.11. The lowest BCUT2D eigenvalue weighted by Gasteiger charge is -2.19. The fourth-order valence-electron chi connectivity index (χ4n) is 3.86. The van der Waals surface area contributed by atoms with E-state index in [1.54, 1.807) is 0 Å². The number of aryl methyl sites for hydroxylation is 1. The monoisotopic (exact) mass is 315 g/mol. The van der Waals surface area contributed by atoms with Crippen molar-refractivity contribution in [2.75, 3.05) is 19.7 Å². The zero-order chi connectivity index (χ0) is 16.1. The lowest BCUT2D eigenvalue weighted by Crippen LogP contribution is -2.30. The van der Waals surface area contributed by atoms with Gasteiger partial charge in [0.05, 0.1) is 6.61 Å². The molecule has 1 aliphatic carbocycles. The van der Waals surface area contributed by atoms with E-state index in [1.807, 2.05) is 12.1 Å². The summed E-state index contributed by atoms with van der Waals surface area (Å²) in [5.41, 5.74) is 1.25. The van der Waals surface area contributed by atoms with E-state index >= 15 is 0 Å². The minimum atomic E-state index is 0.388. The summed E-state index contributed by atoms with van der Waals surface area (Å²) in [7, 11) is 0. The summed E-state index contributed by atoms with van der Waals surface area (Å²) in [6, 6.07) is 8.21. The Labute approximate surface area is 140 Å². The summed E-state index contributed by atoms with van der Waals surface area (Å²) >= 11 is 0. The third kappa shape index (κ3) is 4.73. The highest BCUT2D eigenvalue weighted by Gasteiger charge is 2.28. The van der Waals surface area contributed by atoms with E-state index in [2.05, 4.69) is 24.0 Å². The number of carbonyl (C=O) groups excluding carboxylic acids is 1. The highest BCUT2D eigenvalue weighted by atomic mass is 16.5. The number of hydrogen-bond acceptors (Lipinski definition) is 2. The highest BCUT2D eigenvalue weighted by Crippen LogP contribution is 2.29. The summed E-state index contributed by atoms with van der Waals surface area (Å²) in [5.74, 6) is 2.60. The molecule has 1 saturated heterocycles. The number of benzene rings is 1. The Balaban J connectivity index is 1.36. The van der Waals surface area contributed by atoms with Crippen molar-refractivity contribution in [1.82, 2.24) is 4.90 Å². The molecule has 1 atom stereocenters. The van der Waals surface area contributed by atoms with Crippen LogP contribution in [0.5, 0.6) is 5.75 Å². The molecule has 3 heteroatoms. The van der Waals surface area contributed by atoms with Crippen LogP contribution in [0.4, 0.5) is 0 Å². The Morgan fingerprint density at radius 2 is 1.87 bits per heavy atom. The van der Waals surface area contributed by atoms with Gasteiger partial charge in [0.25, 0.3) is 0 Å². The van der Waals surface area contributed by atoms with Gasteiger partial charge in [0.1, 0.15) is 5.75 Å². The second kappa shape index (κ2) is 7.85. The largest absolute Gasteiger partial charge is 0.494 e. The Bertz CT molecular complexity index is 505. The quantitative estimate of drug-likeness (QED) is 0.787. The Hall–Kier alpha value is -1.51. The molecule has 2 aliphatic rings. The molecule has 1 amide bonds. The summed E-state index contributed by atoms with van der Waals surface area (Å²) in [5, 5.41) is 0. The van der Waals surface area contributed by atoms with E-state index in [0.717, 1.165) is 44.7 Å². The van der Waals surface area contributed by atoms with Crippen LogP contribution in [0.25, 0.3) is 0 Å². The third-order valence-electron chi connectivity index (χ3n) is 5.39. The zero-order valence-electron chi connectivity index (χ0n) is 14.3. The Morgan fingerprint density at radius 1 is 1.13 bits per heavy atom. The van der Waals surface area contributed by atoms with Gasteiger partial charge in [-0.15, -0.1) is 0 Å². The van der Waals surface area contributed by atoms with Crippen LogP contribution in [0.2, 0.25) is 0 Å². The molecule has 126 valence electrons. The summed E-state index contributed by atoms with van der Waals surface area (Å²) in [6.45, 7) is 4.71. The molecule has 1 aromatic rings. The van der Waals surface area contributed by atoms with E-state index in [1.165, 1.54) is 31.2 Å². The van der Waals surface area contributed by atoms with Crippen molar-refractivity contribution in [3.63, 3.8) is 0 Å². The molecule has 0 aromatic heterocycles. The van der Waals surface area contributed by atoms with E-state index in [-0.39, 0.29) is 0 Å². The molecule has 0 spiro atoms. The van der Waals surface area contributed by atoms with Crippen molar-refractivity contribution >= 4 is 5.91 Å². The van der Waals surface area contributed by atoms with E-state index in [4.69, 9.17) is 4.74 Å². The summed E-state index contributed by atoms with van der Waals surface area (Å²) < 4.78 is 5.82. The SMILES string of the molecule is Cc1ccc(OCCC2CCN(C(=O)CC3CCCC3)C2)cc1. The zero-order valence-corrected chi connectivity index (χ0v) is 14.3. The molecule has 1 heterocycles. The van der Waals surface area contributed by atoms with Gasteiger partial charge in [-0.2, -0.15) is 0 Å². The predicted molar refractivity (Wildman–Crippen MR) is 92.6 cm³/mol. The maximum atomic E-state index is 12.4. The minimum Gasteiger partial charge on any atom is -0.494 e. The van der Waals surface area contributed by atoms with Gasteiger partial charge in [-0.3, -0.25) is 4.79 Å². The number of ether oxygens (including phenoxy) is 1. The predicted octanol–water partition coefficient (Wildman–Crippen LogP) is 4.19. The highest BCUT2D eigenvalue weighted by molar-refractivity contribution is 5.76.